The molecule has 2 aromatic carbocycles. The summed E-state index contributed by atoms with van der Waals surface area (Å²) in [5.74, 6) is 0.814. The average Bonchev–Trinajstić information content (AvgIpc) is 3.00. The number of para-hydroxylation sites is 2. The minimum absolute atomic E-state index is 0.0674. The van der Waals surface area contributed by atoms with E-state index in [1.807, 2.05) is 35.8 Å². The van der Waals surface area contributed by atoms with Gasteiger partial charge in [-0.25, -0.2) is 17.7 Å². The van der Waals surface area contributed by atoms with Crippen molar-refractivity contribution in [3.63, 3.8) is 0 Å². The molecule has 28 heavy (non-hydrogen) atoms. The lowest BCUT2D eigenvalue weighted by atomic mass is 10.2. The SMILES string of the molecule is Cc1nc2ccccc2n1CCC(=O)NCc1ccc(S(=O)(=O)N(C)C)cc1. The Hall–Kier alpha value is -2.71. The minimum atomic E-state index is -3.44. The van der Waals surface area contributed by atoms with E-state index in [1.54, 1.807) is 24.3 Å². The maximum atomic E-state index is 12.2. The summed E-state index contributed by atoms with van der Waals surface area (Å²) in [6.45, 7) is 2.84. The number of carbonyl (C=O) groups excluding carboxylic acids is 1. The van der Waals surface area contributed by atoms with Gasteiger partial charge in [0.25, 0.3) is 0 Å². The second kappa shape index (κ2) is 8.12. The molecule has 3 rings (SSSR count). The van der Waals surface area contributed by atoms with E-state index < -0.39 is 10.0 Å². The Morgan fingerprint density at radius 2 is 1.79 bits per heavy atom. The van der Waals surface area contributed by atoms with Crippen LogP contribution < -0.4 is 5.32 Å². The number of amides is 1. The van der Waals surface area contributed by atoms with E-state index in [4.69, 9.17) is 0 Å². The molecule has 0 atom stereocenters. The number of benzene rings is 2. The van der Waals surface area contributed by atoms with E-state index in [0.717, 1.165) is 22.4 Å². The van der Waals surface area contributed by atoms with E-state index >= 15 is 0 Å². The van der Waals surface area contributed by atoms with Gasteiger partial charge >= 0.3 is 0 Å². The quantitative estimate of drug-likeness (QED) is 0.660. The predicted octanol–water partition coefficient (Wildman–Crippen LogP) is 2.30. The molecule has 8 heteroatoms. The van der Waals surface area contributed by atoms with Crippen LogP contribution in [0.3, 0.4) is 0 Å². The highest BCUT2D eigenvalue weighted by molar-refractivity contribution is 7.89. The van der Waals surface area contributed by atoms with Crippen molar-refractivity contribution < 1.29 is 13.2 Å². The van der Waals surface area contributed by atoms with Crippen molar-refractivity contribution in [3.8, 4) is 0 Å². The highest BCUT2D eigenvalue weighted by atomic mass is 32.2. The molecule has 0 saturated heterocycles. The number of imidazole rings is 1. The summed E-state index contributed by atoms with van der Waals surface area (Å²) in [4.78, 5) is 17.0. The number of nitrogens with one attached hydrogen (secondary N) is 1. The van der Waals surface area contributed by atoms with Crippen molar-refractivity contribution in [2.75, 3.05) is 14.1 Å². The number of aromatic nitrogens is 2. The van der Waals surface area contributed by atoms with Crippen molar-refractivity contribution >= 4 is 27.0 Å². The molecule has 0 aliphatic carbocycles. The monoisotopic (exact) mass is 400 g/mol. The van der Waals surface area contributed by atoms with Crippen LogP contribution in [0.4, 0.5) is 0 Å². The largest absolute Gasteiger partial charge is 0.352 e. The normalized spacial score (nSPS) is 11.9. The summed E-state index contributed by atoms with van der Waals surface area (Å²) in [5, 5.41) is 2.88. The van der Waals surface area contributed by atoms with Gasteiger partial charge in [0, 0.05) is 33.6 Å². The van der Waals surface area contributed by atoms with Crippen LogP contribution in [0.15, 0.2) is 53.4 Å². The molecule has 1 N–H and O–H groups in total. The Bertz CT molecular complexity index is 1090. The Morgan fingerprint density at radius 3 is 2.46 bits per heavy atom. The molecular formula is C20H24N4O3S. The fraction of sp³-hybridized carbons (Fsp3) is 0.300. The van der Waals surface area contributed by atoms with Crippen molar-refractivity contribution in [3.05, 3.63) is 59.9 Å². The van der Waals surface area contributed by atoms with Gasteiger partial charge in [-0.15, -0.1) is 0 Å². The maximum Gasteiger partial charge on any atom is 0.242 e. The lowest BCUT2D eigenvalue weighted by Gasteiger charge is -2.12. The first-order valence-electron chi connectivity index (χ1n) is 8.99. The molecule has 0 unspecified atom stereocenters. The molecule has 3 aromatic rings. The van der Waals surface area contributed by atoms with Gasteiger partial charge in [0.05, 0.1) is 15.9 Å². The zero-order valence-corrected chi connectivity index (χ0v) is 17.0. The van der Waals surface area contributed by atoms with Gasteiger partial charge in [0.1, 0.15) is 5.82 Å². The van der Waals surface area contributed by atoms with Crippen LogP contribution in [-0.4, -0.2) is 42.3 Å². The maximum absolute atomic E-state index is 12.2. The topological polar surface area (TPSA) is 84.3 Å². The van der Waals surface area contributed by atoms with Gasteiger partial charge in [-0.1, -0.05) is 24.3 Å². The minimum Gasteiger partial charge on any atom is -0.352 e. The molecule has 0 radical (unpaired) electrons. The number of fused-ring (bicyclic) bond motifs is 1. The van der Waals surface area contributed by atoms with Crippen molar-refractivity contribution in [1.29, 1.82) is 0 Å². The Morgan fingerprint density at radius 1 is 1.11 bits per heavy atom. The number of hydrogen-bond donors (Lipinski definition) is 1. The van der Waals surface area contributed by atoms with E-state index in [9.17, 15) is 13.2 Å². The molecule has 0 saturated carbocycles. The van der Waals surface area contributed by atoms with Gasteiger partial charge in [0.15, 0.2) is 0 Å². The fourth-order valence-electron chi connectivity index (χ4n) is 2.97. The Kier molecular flexibility index (Phi) is 5.81. The molecule has 7 nitrogen and oxygen atoms in total. The molecule has 1 heterocycles. The summed E-state index contributed by atoms with van der Waals surface area (Å²) in [6, 6.07) is 14.4. The number of aryl methyl sites for hydroxylation is 2. The van der Waals surface area contributed by atoms with Crippen LogP contribution in [-0.2, 0) is 27.9 Å². The van der Waals surface area contributed by atoms with Crippen LogP contribution >= 0.6 is 0 Å². The van der Waals surface area contributed by atoms with Gasteiger partial charge < -0.3 is 9.88 Å². The summed E-state index contributed by atoms with van der Waals surface area (Å²) in [6.07, 6.45) is 0.342. The average molecular weight is 401 g/mol. The zero-order valence-electron chi connectivity index (χ0n) is 16.2. The third kappa shape index (κ3) is 4.23. The van der Waals surface area contributed by atoms with Crippen LogP contribution in [0.2, 0.25) is 0 Å². The van der Waals surface area contributed by atoms with Gasteiger partial charge in [-0.3, -0.25) is 4.79 Å². The number of hydrogen-bond acceptors (Lipinski definition) is 4. The van der Waals surface area contributed by atoms with Crippen LogP contribution in [0.5, 0.6) is 0 Å². The molecule has 0 fully saturated rings. The first kappa shape index (κ1) is 20.0. The van der Waals surface area contributed by atoms with Crippen LogP contribution in [0.1, 0.15) is 17.8 Å². The number of rotatable bonds is 7. The summed E-state index contributed by atoms with van der Waals surface area (Å²) in [7, 11) is -0.454. The number of sulfonamides is 1. The molecule has 148 valence electrons. The fourth-order valence-corrected chi connectivity index (χ4v) is 3.87. The first-order chi connectivity index (χ1) is 13.3. The molecule has 1 aromatic heterocycles. The van der Waals surface area contributed by atoms with Crippen molar-refractivity contribution in [2.45, 2.75) is 31.3 Å². The summed E-state index contributed by atoms with van der Waals surface area (Å²) >= 11 is 0. The van der Waals surface area contributed by atoms with Gasteiger partial charge in [-0.05, 0) is 36.8 Å². The molecule has 1 amide bonds. The molecule has 0 aliphatic rings. The van der Waals surface area contributed by atoms with Crippen LogP contribution in [0.25, 0.3) is 11.0 Å². The Labute approximate surface area is 165 Å². The molecule has 0 aliphatic heterocycles. The Balaban J connectivity index is 1.56. The molecule has 0 spiro atoms. The molecule has 0 bridgehead atoms. The van der Waals surface area contributed by atoms with Crippen molar-refractivity contribution in [2.24, 2.45) is 0 Å². The van der Waals surface area contributed by atoms with E-state index in [2.05, 4.69) is 10.3 Å². The lowest BCUT2D eigenvalue weighted by Crippen LogP contribution is -2.24. The highest BCUT2D eigenvalue weighted by Crippen LogP contribution is 2.16. The smallest absolute Gasteiger partial charge is 0.242 e. The second-order valence-electron chi connectivity index (χ2n) is 6.76. The first-order valence-corrected chi connectivity index (χ1v) is 10.4. The summed E-state index contributed by atoms with van der Waals surface area (Å²) in [5.41, 5.74) is 2.79. The van der Waals surface area contributed by atoms with Crippen molar-refractivity contribution in [1.82, 2.24) is 19.2 Å². The standard InChI is InChI=1S/C20H24N4O3S/c1-15-22-18-6-4-5-7-19(18)24(15)13-12-20(25)21-14-16-8-10-17(11-9-16)28(26,27)23(2)3/h4-11H,12-14H2,1-3H3,(H,21,25). The predicted molar refractivity (Wildman–Crippen MR) is 108 cm³/mol. The van der Waals surface area contributed by atoms with E-state index in [0.29, 0.717) is 19.5 Å². The lowest BCUT2D eigenvalue weighted by molar-refractivity contribution is -0.121. The zero-order chi connectivity index (χ0) is 20.3. The summed E-state index contributed by atoms with van der Waals surface area (Å²) < 4.78 is 27.4. The van der Waals surface area contributed by atoms with Crippen LogP contribution in [0, 0.1) is 6.92 Å². The number of nitrogens with zero attached hydrogens (tertiary/aromatic N) is 3. The number of carbonyl (C=O) groups is 1. The highest BCUT2D eigenvalue weighted by Gasteiger charge is 2.16. The van der Waals surface area contributed by atoms with Gasteiger partial charge in [-0.2, -0.15) is 0 Å². The third-order valence-electron chi connectivity index (χ3n) is 4.60. The van der Waals surface area contributed by atoms with E-state index in [-0.39, 0.29) is 10.8 Å². The molecular weight excluding hydrogens is 376 g/mol. The second-order valence-corrected chi connectivity index (χ2v) is 8.91. The van der Waals surface area contributed by atoms with E-state index in [1.165, 1.54) is 18.4 Å². The third-order valence-corrected chi connectivity index (χ3v) is 6.43. The van der Waals surface area contributed by atoms with Gasteiger partial charge in [0.2, 0.25) is 15.9 Å².